The molecule has 0 amide bonds. The summed E-state index contributed by atoms with van der Waals surface area (Å²) in [6, 6.07) is 0. The highest BCUT2D eigenvalue weighted by Crippen LogP contribution is 2.31. The number of nitrogens with one attached hydrogen (secondary N) is 1. The first kappa shape index (κ1) is 12.8. The van der Waals surface area contributed by atoms with Crippen LogP contribution in [0, 0.1) is 0 Å². The molecule has 1 rings (SSSR count). The number of esters is 1. The first-order valence-electron chi connectivity index (χ1n) is 5.65. The monoisotopic (exact) mass is 225 g/mol. The molecule has 0 saturated carbocycles. The molecule has 0 atom stereocenters. The van der Waals surface area contributed by atoms with Crippen molar-refractivity contribution in [2.45, 2.75) is 39.2 Å². The Bertz CT molecular complexity index is 353. The fourth-order valence-corrected chi connectivity index (χ4v) is 1.76. The summed E-state index contributed by atoms with van der Waals surface area (Å²) in [5, 5.41) is 10.4. The van der Waals surface area contributed by atoms with Gasteiger partial charge in [0.05, 0.1) is 17.8 Å². The zero-order chi connectivity index (χ0) is 12.2. The molecule has 0 fully saturated rings. The smallest absolute Gasteiger partial charge is 0.340 e. The van der Waals surface area contributed by atoms with E-state index in [9.17, 15) is 9.90 Å². The van der Waals surface area contributed by atoms with E-state index < -0.39 is 5.60 Å². The van der Waals surface area contributed by atoms with Gasteiger partial charge in [-0.05, 0) is 19.8 Å². The molecule has 0 aromatic carbocycles. The second-order valence-corrected chi connectivity index (χ2v) is 3.74. The van der Waals surface area contributed by atoms with Gasteiger partial charge in [0.1, 0.15) is 0 Å². The lowest BCUT2D eigenvalue weighted by molar-refractivity contribution is 0.0249. The average Bonchev–Trinajstić information content (AvgIpc) is 2.78. The van der Waals surface area contributed by atoms with Crippen molar-refractivity contribution in [3.05, 3.63) is 23.5 Å². The summed E-state index contributed by atoms with van der Waals surface area (Å²) in [6.07, 6.45) is 4.37. The fraction of sp³-hybridized carbons (Fsp3) is 0.583. The topological polar surface area (TPSA) is 62.3 Å². The molecule has 2 N–H and O–H groups in total. The molecule has 16 heavy (non-hydrogen) atoms. The molecule has 1 aromatic heterocycles. The molecule has 0 saturated heterocycles. The molecule has 0 aliphatic carbocycles. The van der Waals surface area contributed by atoms with Crippen LogP contribution in [0.3, 0.4) is 0 Å². The van der Waals surface area contributed by atoms with Crippen molar-refractivity contribution in [3.8, 4) is 0 Å². The van der Waals surface area contributed by atoms with Gasteiger partial charge in [-0.2, -0.15) is 0 Å². The Hall–Kier alpha value is -1.29. The predicted octanol–water partition coefficient (Wildman–Crippen LogP) is 2.20. The number of carbonyl (C=O) groups excluding carboxylic acids is 1. The first-order chi connectivity index (χ1) is 7.59. The normalized spacial score (nSPS) is 11.5. The minimum absolute atomic E-state index is 0.333. The van der Waals surface area contributed by atoms with E-state index in [-0.39, 0.29) is 5.97 Å². The molecular weight excluding hydrogens is 206 g/mol. The van der Waals surface area contributed by atoms with Gasteiger partial charge >= 0.3 is 5.97 Å². The van der Waals surface area contributed by atoms with E-state index in [2.05, 4.69) is 4.98 Å². The minimum atomic E-state index is -0.956. The molecule has 0 unspecified atom stereocenters. The maximum atomic E-state index is 11.7. The van der Waals surface area contributed by atoms with E-state index in [0.29, 0.717) is 30.6 Å². The number of aromatic nitrogens is 1. The second kappa shape index (κ2) is 5.16. The zero-order valence-electron chi connectivity index (χ0n) is 10.0. The van der Waals surface area contributed by atoms with Gasteiger partial charge < -0.3 is 14.8 Å². The maximum Gasteiger partial charge on any atom is 0.340 e. The molecule has 90 valence electrons. The van der Waals surface area contributed by atoms with E-state index in [1.54, 1.807) is 19.3 Å². The highest BCUT2D eigenvalue weighted by Gasteiger charge is 2.30. The largest absolute Gasteiger partial charge is 0.462 e. The van der Waals surface area contributed by atoms with Crippen LogP contribution in [0.15, 0.2) is 12.4 Å². The molecule has 0 aliphatic heterocycles. The van der Waals surface area contributed by atoms with Crippen LogP contribution in [0.1, 0.15) is 49.5 Å². The predicted molar refractivity (Wildman–Crippen MR) is 61.2 cm³/mol. The van der Waals surface area contributed by atoms with Crippen molar-refractivity contribution in [1.29, 1.82) is 0 Å². The summed E-state index contributed by atoms with van der Waals surface area (Å²) in [5.74, 6) is -0.390. The van der Waals surface area contributed by atoms with E-state index in [4.69, 9.17) is 4.74 Å². The van der Waals surface area contributed by atoms with Crippen LogP contribution in [0.4, 0.5) is 0 Å². The third-order valence-electron chi connectivity index (χ3n) is 2.91. The molecule has 0 bridgehead atoms. The van der Waals surface area contributed by atoms with Crippen LogP contribution in [0.5, 0.6) is 0 Å². The standard InChI is InChI=1S/C12H19NO3/c1-4-12(15,5-2)10-8-13-7-9(10)11(14)16-6-3/h7-8,13,15H,4-6H2,1-3H3. The average molecular weight is 225 g/mol. The number of hydrogen-bond acceptors (Lipinski definition) is 3. The second-order valence-electron chi connectivity index (χ2n) is 3.74. The Kier molecular flexibility index (Phi) is 4.12. The number of aliphatic hydroxyl groups is 1. The minimum Gasteiger partial charge on any atom is -0.462 e. The van der Waals surface area contributed by atoms with Crippen LogP contribution < -0.4 is 0 Å². The quantitative estimate of drug-likeness (QED) is 0.755. The Morgan fingerprint density at radius 2 is 2.00 bits per heavy atom. The Morgan fingerprint density at radius 3 is 2.50 bits per heavy atom. The SMILES string of the molecule is CCOC(=O)c1c[nH]cc1C(O)(CC)CC. The van der Waals surface area contributed by atoms with E-state index in [1.165, 1.54) is 0 Å². The van der Waals surface area contributed by atoms with Crippen molar-refractivity contribution in [2.75, 3.05) is 6.61 Å². The van der Waals surface area contributed by atoms with Crippen molar-refractivity contribution >= 4 is 5.97 Å². The highest BCUT2D eigenvalue weighted by atomic mass is 16.5. The molecule has 0 aliphatic rings. The molecule has 4 nitrogen and oxygen atoms in total. The van der Waals surface area contributed by atoms with Crippen LogP contribution >= 0.6 is 0 Å². The summed E-state index contributed by atoms with van der Waals surface area (Å²) in [4.78, 5) is 14.5. The summed E-state index contributed by atoms with van der Waals surface area (Å²) in [6.45, 7) is 5.88. The maximum absolute atomic E-state index is 11.7. The van der Waals surface area contributed by atoms with Gasteiger partial charge in [-0.15, -0.1) is 0 Å². The van der Waals surface area contributed by atoms with E-state index in [0.717, 1.165) is 0 Å². The summed E-state index contributed by atoms with van der Waals surface area (Å²) in [5.41, 5.74) is 0.0891. The number of rotatable bonds is 5. The van der Waals surface area contributed by atoms with Crippen molar-refractivity contribution < 1.29 is 14.6 Å². The highest BCUT2D eigenvalue weighted by molar-refractivity contribution is 5.91. The van der Waals surface area contributed by atoms with Crippen LogP contribution in [0.25, 0.3) is 0 Å². The zero-order valence-corrected chi connectivity index (χ0v) is 10.0. The lowest BCUT2D eigenvalue weighted by atomic mass is 9.88. The van der Waals surface area contributed by atoms with Crippen LogP contribution in [-0.2, 0) is 10.3 Å². The molecule has 0 spiro atoms. The van der Waals surface area contributed by atoms with Gasteiger partial charge in [-0.3, -0.25) is 0 Å². The van der Waals surface area contributed by atoms with Crippen molar-refractivity contribution in [2.24, 2.45) is 0 Å². The van der Waals surface area contributed by atoms with E-state index >= 15 is 0 Å². The van der Waals surface area contributed by atoms with Crippen molar-refractivity contribution in [3.63, 3.8) is 0 Å². The summed E-state index contributed by atoms with van der Waals surface area (Å²) < 4.78 is 4.94. The Labute approximate surface area is 95.6 Å². The molecule has 1 heterocycles. The number of carbonyl (C=O) groups is 1. The number of aromatic amines is 1. The summed E-state index contributed by atoms with van der Waals surface area (Å²) >= 11 is 0. The van der Waals surface area contributed by atoms with Gasteiger partial charge in [0.25, 0.3) is 0 Å². The fourth-order valence-electron chi connectivity index (χ4n) is 1.76. The number of ether oxygens (including phenoxy) is 1. The van der Waals surface area contributed by atoms with Gasteiger partial charge in [-0.25, -0.2) is 4.79 Å². The van der Waals surface area contributed by atoms with Gasteiger partial charge in [0.15, 0.2) is 0 Å². The molecular formula is C12H19NO3. The Morgan fingerprint density at radius 1 is 1.38 bits per heavy atom. The number of H-pyrrole nitrogens is 1. The third kappa shape index (κ3) is 2.27. The molecule has 1 aromatic rings. The Balaban J connectivity index is 3.06. The van der Waals surface area contributed by atoms with Crippen molar-refractivity contribution in [1.82, 2.24) is 4.98 Å². The third-order valence-corrected chi connectivity index (χ3v) is 2.91. The van der Waals surface area contributed by atoms with E-state index in [1.807, 2.05) is 13.8 Å². The first-order valence-corrected chi connectivity index (χ1v) is 5.65. The van der Waals surface area contributed by atoms with Gasteiger partial charge in [-0.1, -0.05) is 13.8 Å². The van der Waals surface area contributed by atoms with Crippen LogP contribution in [-0.4, -0.2) is 22.7 Å². The molecule has 4 heteroatoms. The van der Waals surface area contributed by atoms with Gasteiger partial charge in [0, 0.05) is 18.0 Å². The lowest BCUT2D eigenvalue weighted by Crippen LogP contribution is -2.25. The summed E-state index contributed by atoms with van der Waals surface area (Å²) in [7, 11) is 0. The number of hydrogen-bond donors (Lipinski definition) is 2. The van der Waals surface area contributed by atoms with Crippen LogP contribution in [0.2, 0.25) is 0 Å². The van der Waals surface area contributed by atoms with Gasteiger partial charge in [0.2, 0.25) is 0 Å². The molecule has 0 radical (unpaired) electrons. The lowest BCUT2D eigenvalue weighted by Gasteiger charge is -2.25.